The van der Waals surface area contributed by atoms with Crippen molar-refractivity contribution in [3.63, 3.8) is 0 Å². The topological polar surface area (TPSA) is 46.6 Å². The lowest BCUT2D eigenvalue weighted by molar-refractivity contribution is -0.124. The smallest absolute Gasteiger partial charge is 0.176 e. The molecule has 0 N–H and O–H groups in total. The Labute approximate surface area is 154 Å². The van der Waals surface area contributed by atoms with Crippen molar-refractivity contribution in [2.24, 2.45) is 0 Å². The third-order valence-corrected chi connectivity index (χ3v) is 5.47. The van der Waals surface area contributed by atoms with E-state index in [0.717, 1.165) is 31.5 Å². The zero-order valence-corrected chi connectivity index (χ0v) is 15.4. The lowest BCUT2D eigenvalue weighted by Gasteiger charge is -2.40. The van der Waals surface area contributed by atoms with E-state index in [0.29, 0.717) is 17.9 Å². The third kappa shape index (κ3) is 3.70. The quantitative estimate of drug-likeness (QED) is 0.748. The van der Waals surface area contributed by atoms with E-state index in [2.05, 4.69) is 4.90 Å². The van der Waals surface area contributed by atoms with Gasteiger partial charge in [0.1, 0.15) is 11.5 Å². The molecule has 0 bridgehead atoms. The van der Waals surface area contributed by atoms with E-state index < -0.39 is 5.41 Å². The Morgan fingerprint density at radius 3 is 2.35 bits per heavy atom. The minimum absolute atomic E-state index is 0.0823. The summed E-state index contributed by atoms with van der Waals surface area (Å²) in [6.45, 7) is 3.54. The number of Topliss-reactive ketones (excluding diaryl/α,β-unsaturated/α-hetero) is 2. The molecule has 0 aliphatic carbocycles. The van der Waals surface area contributed by atoms with E-state index in [-0.39, 0.29) is 11.6 Å². The number of hydrogen-bond donors (Lipinski definition) is 0. The first kappa shape index (κ1) is 18.3. The molecular weight excluding hydrogens is 326 g/mol. The number of carbonyl (C=O) groups is 2. The van der Waals surface area contributed by atoms with Crippen LogP contribution < -0.4 is 4.74 Å². The van der Waals surface area contributed by atoms with Gasteiger partial charge in [0.05, 0.1) is 19.1 Å². The highest BCUT2D eigenvalue weighted by Gasteiger charge is 2.40. The average Bonchev–Trinajstić information content (AvgIpc) is 2.69. The zero-order valence-electron chi connectivity index (χ0n) is 15.4. The summed E-state index contributed by atoms with van der Waals surface area (Å²) >= 11 is 0. The van der Waals surface area contributed by atoms with Crippen molar-refractivity contribution in [3.8, 4) is 5.75 Å². The number of ketones is 2. The minimum Gasteiger partial charge on any atom is -0.497 e. The molecule has 2 aromatic rings. The summed E-state index contributed by atoms with van der Waals surface area (Å²) in [5, 5.41) is 0. The molecule has 1 aliphatic heterocycles. The highest BCUT2D eigenvalue weighted by atomic mass is 16.5. The zero-order chi connectivity index (χ0) is 18.6. The fourth-order valence-corrected chi connectivity index (χ4v) is 3.78. The number of rotatable bonds is 6. The lowest BCUT2D eigenvalue weighted by Crippen LogP contribution is -2.47. The first-order valence-corrected chi connectivity index (χ1v) is 9.01. The fraction of sp³-hybridized carbons (Fsp3) is 0.364. The molecule has 1 heterocycles. The number of hydrogen-bond acceptors (Lipinski definition) is 4. The summed E-state index contributed by atoms with van der Waals surface area (Å²) in [6.07, 6.45) is 1.50. The molecule has 4 heteroatoms. The molecule has 2 aromatic carbocycles. The van der Waals surface area contributed by atoms with Crippen LogP contribution in [-0.2, 0) is 10.2 Å². The molecule has 0 radical (unpaired) electrons. The van der Waals surface area contributed by atoms with Crippen molar-refractivity contribution in [3.05, 3.63) is 65.7 Å². The van der Waals surface area contributed by atoms with Gasteiger partial charge in [0, 0.05) is 5.56 Å². The van der Waals surface area contributed by atoms with Crippen LogP contribution in [0.15, 0.2) is 54.6 Å². The van der Waals surface area contributed by atoms with Crippen molar-refractivity contribution in [2.45, 2.75) is 25.2 Å². The summed E-state index contributed by atoms with van der Waals surface area (Å²) in [5.41, 5.74) is 1.33. The maximum atomic E-state index is 12.6. The summed E-state index contributed by atoms with van der Waals surface area (Å²) in [5.74, 6) is 0.982. The SMILES string of the molecule is COc1cccc(C(=O)CN2CCC(C(C)=O)(c3ccccc3)CC2)c1. The van der Waals surface area contributed by atoms with Gasteiger partial charge in [-0.3, -0.25) is 14.5 Å². The molecule has 0 spiro atoms. The van der Waals surface area contributed by atoms with Crippen LogP contribution in [0.5, 0.6) is 5.75 Å². The molecule has 0 amide bonds. The van der Waals surface area contributed by atoms with Gasteiger partial charge in [-0.1, -0.05) is 42.5 Å². The van der Waals surface area contributed by atoms with Gasteiger partial charge < -0.3 is 4.74 Å². The number of benzene rings is 2. The van der Waals surface area contributed by atoms with Gasteiger partial charge in [0.15, 0.2) is 5.78 Å². The predicted octanol–water partition coefficient (Wildman–Crippen LogP) is 3.50. The fourth-order valence-electron chi connectivity index (χ4n) is 3.78. The summed E-state index contributed by atoms with van der Waals surface area (Å²) in [6, 6.07) is 17.3. The Morgan fingerprint density at radius 1 is 1.04 bits per heavy atom. The van der Waals surface area contributed by atoms with Crippen LogP contribution in [-0.4, -0.2) is 43.2 Å². The second-order valence-electron chi connectivity index (χ2n) is 6.94. The highest BCUT2D eigenvalue weighted by Crippen LogP contribution is 2.36. The highest BCUT2D eigenvalue weighted by molar-refractivity contribution is 5.98. The van der Waals surface area contributed by atoms with Crippen LogP contribution in [0.2, 0.25) is 0 Å². The maximum absolute atomic E-state index is 12.6. The first-order valence-electron chi connectivity index (χ1n) is 9.01. The van der Waals surface area contributed by atoms with Crippen LogP contribution >= 0.6 is 0 Å². The van der Waals surface area contributed by atoms with Gasteiger partial charge in [-0.2, -0.15) is 0 Å². The third-order valence-electron chi connectivity index (χ3n) is 5.47. The van der Waals surface area contributed by atoms with Crippen molar-refractivity contribution < 1.29 is 14.3 Å². The average molecular weight is 351 g/mol. The Kier molecular flexibility index (Phi) is 5.52. The monoisotopic (exact) mass is 351 g/mol. The molecule has 1 fully saturated rings. The lowest BCUT2D eigenvalue weighted by atomic mass is 9.70. The Bertz CT molecular complexity index is 777. The molecule has 4 nitrogen and oxygen atoms in total. The number of piperidine rings is 1. The molecule has 26 heavy (non-hydrogen) atoms. The van der Waals surface area contributed by atoms with Crippen molar-refractivity contribution in [2.75, 3.05) is 26.7 Å². The number of methoxy groups -OCH3 is 1. The normalized spacial score (nSPS) is 16.8. The van der Waals surface area contributed by atoms with Crippen LogP contribution in [0.25, 0.3) is 0 Å². The second-order valence-corrected chi connectivity index (χ2v) is 6.94. The standard InChI is InChI=1S/C22H25NO3/c1-17(24)22(19-8-4-3-5-9-19)11-13-23(14-12-22)16-21(25)18-7-6-10-20(15-18)26-2/h3-10,15H,11-14,16H2,1-2H3. The summed E-state index contributed by atoms with van der Waals surface area (Å²) in [4.78, 5) is 27.2. The largest absolute Gasteiger partial charge is 0.497 e. The Balaban J connectivity index is 1.67. The predicted molar refractivity (Wildman–Crippen MR) is 102 cm³/mol. The summed E-state index contributed by atoms with van der Waals surface area (Å²) < 4.78 is 5.19. The number of nitrogens with zero attached hydrogens (tertiary/aromatic N) is 1. The van der Waals surface area contributed by atoms with Crippen LogP contribution in [0.4, 0.5) is 0 Å². The van der Waals surface area contributed by atoms with Crippen LogP contribution in [0.3, 0.4) is 0 Å². The number of ether oxygens (including phenoxy) is 1. The Hall–Kier alpha value is -2.46. The van der Waals surface area contributed by atoms with Crippen molar-refractivity contribution >= 4 is 11.6 Å². The second kappa shape index (κ2) is 7.83. The van der Waals surface area contributed by atoms with Crippen LogP contribution in [0, 0.1) is 0 Å². The van der Waals surface area contributed by atoms with Gasteiger partial charge in [0.25, 0.3) is 0 Å². The summed E-state index contributed by atoms with van der Waals surface area (Å²) in [7, 11) is 1.60. The molecule has 1 aliphatic rings. The van der Waals surface area contributed by atoms with E-state index >= 15 is 0 Å². The number of likely N-dealkylation sites (tertiary alicyclic amines) is 1. The number of carbonyl (C=O) groups excluding carboxylic acids is 2. The van der Waals surface area contributed by atoms with Gasteiger partial charge in [-0.15, -0.1) is 0 Å². The molecular formula is C22H25NO3. The molecule has 0 saturated carbocycles. The Morgan fingerprint density at radius 2 is 1.73 bits per heavy atom. The molecule has 0 atom stereocenters. The minimum atomic E-state index is -0.420. The van der Waals surface area contributed by atoms with E-state index in [1.54, 1.807) is 20.1 Å². The van der Waals surface area contributed by atoms with Gasteiger partial charge in [-0.25, -0.2) is 0 Å². The van der Waals surface area contributed by atoms with Crippen molar-refractivity contribution in [1.29, 1.82) is 0 Å². The van der Waals surface area contributed by atoms with Crippen LogP contribution in [0.1, 0.15) is 35.7 Å². The van der Waals surface area contributed by atoms with Gasteiger partial charge in [0.2, 0.25) is 0 Å². The van der Waals surface area contributed by atoms with Crippen molar-refractivity contribution in [1.82, 2.24) is 4.90 Å². The van der Waals surface area contributed by atoms with E-state index in [9.17, 15) is 9.59 Å². The molecule has 3 rings (SSSR count). The first-order chi connectivity index (χ1) is 12.5. The molecule has 0 unspecified atom stereocenters. The maximum Gasteiger partial charge on any atom is 0.176 e. The van der Waals surface area contributed by atoms with Gasteiger partial charge >= 0.3 is 0 Å². The van der Waals surface area contributed by atoms with E-state index in [4.69, 9.17) is 4.74 Å². The molecule has 136 valence electrons. The molecule has 1 saturated heterocycles. The van der Waals surface area contributed by atoms with E-state index in [1.165, 1.54) is 0 Å². The molecule has 0 aromatic heterocycles. The van der Waals surface area contributed by atoms with E-state index in [1.807, 2.05) is 48.5 Å². The van der Waals surface area contributed by atoms with Gasteiger partial charge in [-0.05, 0) is 50.6 Å².